The molecule has 2 aromatic carbocycles. The highest BCUT2D eigenvalue weighted by Crippen LogP contribution is 2.30. The Morgan fingerprint density at radius 1 is 1.12 bits per heavy atom. The van der Waals surface area contributed by atoms with Crippen LogP contribution in [0.15, 0.2) is 42.5 Å². The minimum Gasteiger partial charge on any atom is -0.352 e. The largest absolute Gasteiger partial charge is 0.352 e. The van der Waals surface area contributed by atoms with E-state index in [1.54, 1.807) is 0 Å². The van der Waals surface area contributed by atoms with E-state index in [4.69, 9.17) is 11.6 Å². The molecule has 2 N–H and O–H groups in total. The number of benzene rings is 2. The highest BCUT2D eigenvalue weighted by atomic mass is 127. The number of nitrogens with one attached hydrogen (secondary N) is 2. The van der Waals surface area contributed by atoms with Gasteiger partial charge in [-0.1, -0.05) is 35.9 Å². The third kappa shape index (κ3) is 7.18. The predicted octanol–water partition coefficient (Wildman–Crippen LogP) is 4.97. The smallest absolute Gasteiger partial charge is 0.251 e. The monoisotopic (exact) mass is 567 g/mol. The summed E-state index contributed by atoms with van der Waals surface area (Å²) in [4.78, 5) is 27.1. The minimum atomic E-state index is -0.206. The van der Waals surface area contributed by atoms with Gasteiger partial charge in [-0.2, -0.15) is 0 Å². The molecule has 0 aliphatic carbocycles. The molecule has 0 atom stereocenters. The van der Waals surface area contributed by atoms with Crippen molar-refractivity contribution in [2.75, 3.05) is 26.2 Å². The lowest BCUT2D eigenvalue weighted by molar-refractivity contribution is -0.124. The molecule has 1 aliphatic heterocycles. The molecule has 2 aromatic rings. The number of carbonyl (C=O) groups excluding carboxylic acids is 2. The number of rotatable bonds is 6. The molecule has 1 fully saturated rings. The van der Waals surface area contributed by atoms with Crippen molar-refractivity contribution in [3.05, 3.63) is 56.6 Å². The Kier molecular flexibility index (Phi) is 8.58. The van der Waals surface area contributed by atoms with Crippen molar-refractivity contribution in [1.82, 2.24) is 15.5 Å². The minimum absolute atomic E-state index is 0.0594. The molecule has 0 spiro atoms. The van der Waals surface area contributed by atoms with Crippen LogP contribution in [0.2, 0.25) is 5.02 Å². The van der Waals surface area contributed by atoms with Crippen LogP contribution in [-0.2, 0) is 4.79 Å². The summed E-state index contributed by atoms with van der Waals surface area (Å²) in [6, 6.07) is 13.5. The van der Waals surface area contributed by atoms with E-state index < -0.39 is 0 Å². The number of halogens is 2. The van der Waals surface area contributed by atoms with Gasteiger partial charge in [-0.05, 0) is 105 Å². The van der Waals surface area contributed by atoms with Crippen molar-refractivity contribution in [2.24, 2.45) is 5.92 Å². The van der Waals surface area contributed by atoms with Crippen molar-refractivity contribution in [1.29, 1.82) is 0 Å². The third-order valence-electron chi connectivity index (χ3n) is 5.53. The molecular weight excluding hydrogens is 537 g/mol. The molecule has 32 heavy (non-hydrogen) atoms. The molecule has 1 saturated heterocycles. The van der Waals surface area contributed by atoms with E-state index in [1.165, 1.54) is 0 Å². The van der Waals surface area contributed by atoms with Crippen molar-refractivity contribution in [2.45, 2.75) is 39.2 Å². The number of carbonyl (C=O) groups is 2. The van der Waals surface area contributed by atoms with Crippen LogP contribution in [0.4, 0.5) is 0 Å². The fourth-order valence-electron chi connectivity index (χ4n) is 3.90. The van der Waals surface area contributed by atoms with Gasteiger partial charge in [0.05, 0.1) is 11.6 Å². The SMILES string of the molecule is CC(C)(C)NC(=O)CN1CCC(CNC(=O)c2cccc(-c3cccc(Cl)c3I)c2)CC1. The number of nitrogens with zero attached hydrogens (tertiary/aromatic N) is 1. The van der Waals surface area contributed by atoms with E-state index in [0.29, 0.717) is 29.6 Å². The molecule has 2 amide bonds. The van der Waals surface area contributed by atoms with Gasteiger partial charge in [0.15, 0.2) is 0 Å². The first-order valence-electron chi connectivity index (χ1n) is 11.0. The molecule has 0 radical (unpaired) electrons. The van der Waals surface area contributed by atoms with E-state index in [-0.39, 0.29) is 17.4 Å². The average Bonchev–Trinajstić information content (AvgIpc) is 2.73. The van der Waals surface area contributed by atoms with Crippen LogP contribution in [0.25, 0.3) is 11.1 Å². The van der Waals surface area contributed by atoms with Crippen LogP contribution < -0.4 is 10.6 Å². The van der Waals surface area contributed by atoms with E-state index in [1.807, 2.05) is 63.2 Å². The van der Waals surface area contributed by atoms with Gasteiger partial charge in [-0.15, -0.1) is 0 Å². The summed E-state index contributed by atoms with van der Waals surface area (Å²) in [5.74, 6) is 0.437. The number of amides is 2. The maximum Gasteiger partial charge on any atom is 0.251 e. The molecular formula is C25H31ClIN3O2. The van der Waals surface area contributed by atoms with Crippen LogP contribution in [0, 0.1) is 9.49 Å². The van der Waals surface area contributed by atoms with Crippen molar-refractivity contribution >= 4 is 46.0 Å². The normalized spacial score (nSPS) is 15.4. The zero-order chi connectivity index (χ0) is 23.3. The second kappa shape index (κ2) is 11.0. The predicted molar refractivity (Wildman–Crippen MR) is 139 cm³/mol. The standard InChI is InChI=1S/C25H31ClIN3O2/c1-25(2,3)29-22(31)16-30-12-10-17(11-13-30)15-28-24(32)19-7-4-6-18(14-19)20-8-5-9-21(26)23(20)27/h4-9,14,17H,10-13,15-16H2,1-3H3,(H,28,32)(H,29,31). The van der Waals surface area contributed by atoms with Crippen molar-refractivity contribution < 1.29 is 9.59 Å². The number of hydrogen-bond acceptors (Lipinski definition) is 3. The van der Waals surface area contributed by atoms with E-state index >= 15 is 0 Å². The lowest BCUT2D eigenvalue weighted by atomic mass is 9.96. The lowest BCUT2D eigenvalue weighted by Gasteiger charge is -2.32. The van der Waals surface area contributed by atoms with E-state index in [2.05, 4.69) is 38.1 Å². The van der Waals surface area contributed by atoms with Crippen molar-refractivity contribution in [3.8, 4) is 11.1 Å². The quantitative estimate of drug-likeness (QED) is 0.485. The van der Waals surface area contributed by atoms with Crippen LogP contribution in [0.3, 0.4) is 0 Å². The molecule has 172 valence electrons. The van der Waals surface area contributed by atoms with E-state index in [9.17, 15) is 9.59 Å². The van der Waals surface area contributed by atoms with Crippen LogP contribution in [0.1, 0.15) is 44.0 Å². The third-order valence-corrected chi connectivity index (χ3v) is 7.32. The molecule has 0 unspecified atom stereocenters. The summed E-state index contributed by atoms with van der Waals surface area (Å²) in [5.41, 5.74) is 2.44. The topological polar surface area (TPSA) is 61.4 Å². The molecule has 3 rings (SSSR count). The van der Waals surface area contributed by atoms with Gasteiger partial charge in [0.2, 0.25) is 5.91 Å². The van der Waals surface area contributed by atoms with Gasteiger partial charge in [0, 0.05) is 21.2 Å². The van der Waals surface area contributed by atoms with Crippen LogP contribution >= 0.6 is 34.2 Å². The highest BCUT2D eigenvalue weighted by molar-refractivity contribution is 14.1. The molecule has 1 heterocycles. The zero-order valence-electron chi connectivity index (χ0n) is 18.9. The summed E-state index contributed by atoms with van der Waals surface area (Å²) < 4.78 is 0.979. The number of piperidine rings is 1. The molecule has 0 bridgehead atoms. The molecule has 5 nitrogen and oxygen atoms in total. The molecule has 0 aromatic heterocycles. The molecule has 0 saturated carbocycles. The summed E-state index contributed by atoms with van der Waals surface area (Å²) >= 11 is 8.49. The first-order chi connectivity index (χ1) is 15.1. The fourth-order valence-corrected chi connectivity index (χ4v) is 4.75. The second-order valence-electron chi connectivity index (χ2n) is 9.41. The van der Waals surface area contributed by atoms with Crippen molar-refractivity contribution in [3.63, 3.8) is 0 Å². The van der Waals surface area contributed by atoms with Gasteiger partial charge in [0.1, 0.15) is 0 Å². The van der Waals surface area contributed by atoms with Gasteiger partial charge < -0.3 is 10.6 Å². The summed E-state index contributed by atoms with van der Waals surface area (Å²) in [6.45, 7) is 8.81. The molecule has 7 heteroatoms. The summed E-state index contributed by atoms with van der Waals surface area (Å²) in [7, 11) is 0. The van der Waals surface area contributed by atoms with E-state index in [0.717, 1.165) is 40.6 Å². The first kappa shape index (κ1) is 25.0. The maximum atomic E-state index is 12.8. The lowest BCUT2D eigenvalue weighted by Crippen LogP contribution is -2.48. The molecule has 1 aliphatic rings. The summed E-state index contributed by atoms with van der Waals surface area (Å²) in [6.07, 6.45) is 1.95. The Balaban J connectivity index is 1.50. The number of likely N-dealkylation sites (tertiary alicyclic amines) is 1. The Morgan fingerprint density at radius 2 is 1.81 bits per heavy atom. The van der Waals surface area contributed by atoms with Gasteiger partial charge in [0.25, 0.3) is 5.91 Å². The highest BCUT2D eigenvalue weighted by Gasteiger charge is 2.23. The Hall–Kier alpha value is -1.64. The Bertz CT molecular complexity index is 966. The zero-order valence-corrected chi connectivity index (χ0v) is 21.8. The fraction of sp³-hybridized carbons (Fsp3) is 0.440. The second-order valence-corrected chi connectivity index (χ2v) is 10.9. The maximum absolute atomic E-state index is 12.8. The number of hydrogen-bond donors (Lipinski definition) is 2. The average molecular weight is 568 g/mol. The Morgan fingerprint density at radius 3 is 2.50 bits per heavy atom. The Labute approximate surface area is 209 Å². The first-order valence-corrected chi connectivity index (χ1v) is 12.4. The van der Waals surface area contributed by atoms with Gasteiger partial charge in [-0.25, -0.2) is 0 Å². The van der Waals surface area contributed by atoms with Crippen LogP contribution in [0.5, 0.6) is 0 Å². The van der Waals surface area contributed by atoms with Gasteiger partial charge in [-0.3, -0.25) is 14.5 Å². The summed E-state index contributed by atoms with van der Waals surface area (Å²) in [5, 5.41) is 6.82. The van der Waals surface area contributed by atoms with Crippen LogP contribution in [-0.4, -0.2) is 48.4 Å². The van der Waals surface area contributed by atoms with Gasteiger partial charge >= 0.3 is 0 Å².